The summed E-state index contributed by atoms with van der Waals surface area (Å²) in [5.41, 5.74) is 2.33. The summed E-state index contributed by atoms with van der Waals surface area (Å²) in [6.45, 7) is 0. The highest BCUT2D eigenvalue weighted by atomic mass is 35.5. The Morgan fingerprint density at radius 3 is 2.74 bits per heavy atom. The van der Waals surface area contributed by atoms with Crippen LogP contribution in [0, 0.1) is 0 Å². The number of para-hydroxylation sites is 2. The second-order valence-corrected chi connectivity index (χ2v) is 6.25. The molecule has 23 heavy (non-hydrogen) atoms. The summed E-state index contributed by atoms with van der Waals surface area (Å²) in [6.07, 6.45) is 0. The van der Waals surface area contributed by atoms with Gasteiger partial charge in [-0.1, -0.05) is 53.2 Å². The number of carbonyl (C=O) groups excluding carboxylic acids is 1. The molecule has 3 rings (SSSR count). The number of aromatic amines is 1. The molecular weight excluding hydrogens is 377 g/mol. The Labute approximate surface area is 153 Å². The Morgan fingerprint density at radius 1 is 1.17 bits per heavy atom. The summed E-state index contributed by atoms with van der Waals surface area (Å²) in [4.78, 5) is 19.6. The van der Waals surface area contributed by atoms with Crippen molar-refractivity contribution in [2.75, 3.05) is 11.1 Å². The standard InChI is InChI=1S/C15H11Cl2N3OS.ClH/c16-9-4-3-7-12(14(9)17)18-13(21)8-22-15-19-10-5-1-2-6-11(10)20-15;/h1-7H,8H2,(H,18,21)(H,19,20);1H. The molecule has 2 aromatic carbocycles. The molecule has 0 radical (unpaired) electrons. The molecule has 0 aliphatic rings. The number of rotatable bonds is 4. The summed E-state index contributed by atoms with van der Waals surface area (Å²) in [7, 11) is 0. The number of hydrogen-bond acceptors (Lipinski definition) is 3. The van der Waals surface area contributed by atoms with Crippen molar-refractivity contribution >= 4 is 70.0 Å². The highest BCUT2D eigenvalue weighted by molar-refractivity contribution is 7.99. The molecule has 8 heteroatoms. The van der Waals surface area contributed by atoms with Gasteiger partial charge in [0.1, 0.15) is 0 Å². The zero-order chi connectivity index (χ0) is 15.5. The minimum atomic E-state index is -0.172. The zero-order valence-corrected chi connectivity index (χ0v) is 14.8. The number of amides is 1. The molecule has 2 N–H and O–H groups in total. The van der Waals surface area contributed by atoms with Crippen molar-refractivity contribution in [3.63, 3.8) is 0 Å². The second-order valence-electron chi connectivity index (χ2n) is 4.50. The van der Waals surface area contributed by atoms with Gasteiger partial charge in [-0.3, -0.25) is 4.79 Å². The van der Waals surface area contributed by atoms with E-state index in [0.29, 0.717) is 20.9 Å². The first-order valence-corrected chi connectivity index (χ1v) is 8.19. The largest absolute Gasteiger partial charge is 0.333 e. The van der Waals surface area contributed by atoms with Crippen molar-refractivity contribution in [3.8, 4) is 0 Å². The molecule has 1 heterocycles. The van der Waals surface area contributed by atoms with Crippen molar-refractivity contribution in [1.82, 2.24) is 9.97 Å². The minimum absolute atomic E-state index is 0. The highest BCUT2D eigenvalue weighted by Crippen LogP contribution is 2.29. The van der Waals surface area contributed by atoms with Crippen molar-refractivity contribution in [1.29, 1.82) is 0 Å². The number of nitrogens with one attached hydrogen (secondary N) is 2. The first-order valence-electron chi connectivity index (χ1n) is 6.45. The van der Waals surface area contributed by atoms with Gasteiger partial charge in [0.25, 0.3) is 0 Å². The quantitative estimate of drug-likeness (QED) is 0.617. The molecule has 0 saturated carbocycles. The molecule has 1 amide bonds. The van der Waals surface area contributed by atoms with Gasteiger partial charge < -0.3 is 10.3 Å². The van der Waals surface area contributed by atoms with Crippen LogP contribution < -0.4 is 5.32 Å². The Bertz CT molecular complexity index is 805. The number of nitrogens with zero attached hydrogens (tertiary/aromatic N) is 1. The smallest absolute Gasteiger partial charge is 0.234 e. The maximum Gasteiger partial charge on any atom is 0.234 e. The lowest BCUT2D eigenvalue weighted by Crippen LogP contribution is -2.14. The summed E-state index contributed by atoms with van der Waals surface area (Å²) < 4.78 is 0. The lowest BCUT2D eigenvalue weighted by molar-refractivity contribution is -0.113. The monoisotopic (exact) mass is 387 g/mol. The van der Waals surface area contributed by atoms with E-state index in [0.717, 1.165) is 11.0 Å². The normalized spacial score (nSPS) is 10.3. The van der Waals surface area contributed by atoms with Crippen molar-refractivity contribution in [2.45, 2.75) is 5.16 Å². The summed E-state index contributed by atoms with van der Waals surface area (Å²) in [5.74, 6) is 0.0532. The van der Waals surface area contributed by atoms with Crippen LogP contribution >= 0.6 is 47.4 Å². The minimum Gasteiger partial charge on any atom is -0.333 e. The fourth-order valence-corrected chi connectivity index (χ4v) is 2.95. The molecule has 0 fully saturated rings. The molecule has 120 valence electrons. The fraction of sp³-hybridized carbons (Fsp3) is 0.0667. The van der Waals surface area contributed by atoms with E-state index in [4.69, 9.17) is 23.2 Å². The molecular formula is C15H12Cl3N3OS. The molecule has 0 spiro atoms. The van der Waals surface area contributed by atoms with Gasteiger partial charge in [-0.2, -0.15) is 0 Å². The first-order chi connectivity index (χ1) is 10.6. The van der Waals surface area contributed by atoms with Crippen LogP contribution in [0.2, 0.25) is 10.0 Å². The highest BCUT2D eigenvalue weighted by Gasteiger charge is 2.10. The molecule has 4 nitrogen and oxygen atoms in total. The van der Waals surface area contributed by atoms with Crippen LogP contribution in [-0.2, 0) is 4.79 Å². The number of anilines is 1. The Hall–Kier alpha value is -1.40. The predicted octanol–water partition coefficient (Wildman–Crippen LogP) is 5.02. The summed E-state index contributed by atoms with van der Waals surface area (Å²) in [5, 5.41) is 4.19. The van der Waals surface area contributed by atoms with Gasteiger partial charge in [0.2, 0.25) is 5.91 Å². The Morgan fingerprint density at radius 2 is 1.96 bits per heavy atom. The molecule has 0 saturated heterocycles. The van der Waals surface area contributed by atoms with Gasteiger partial charge in [-0.15, -0.1) is 12.4 Å². The lowest BCUT2D eigenvalue weighted by Gasteiger charge is -2.07. The van der Waals surface area contributed by atoms with Gasteiger partial charge in [0.05, 0.1) is 32.5 Å². The van der Waals surface area contributed by atoms with E-state index in [-0.39, 0.29) is 24.1 Å². The van der Waals surface area contributed by atoms with Crippen molar-refractivity contribution < 1.29 is 4.79 Å². The zero-order valence-electron chi connectivity index (χ0n) is 11.7. The van der Waals surface area contributed by atoms with Crippen molar-refractivity contribution in [3.05, 3.63) is 52.5 Å². The number of benzene rings is 2. The van der Waals surface area contributed by atoms with Crippen LogP contribution in [0.1, 0.15) is 0 Å². The predicted molar refractivity (Wildman–Crippen MR) is 99.2 cm³/mol. The first kappa shape index (κ1) is 17.9. The van der Waals surface area contributed by atoms with Gasteiger partial charge in [0, 0.05) is 0 Å². The number of fused-ring (bicyclic) bond motifs is 1. The van der Waals surface area contributed by atoms with E-state index in [1.54, 1.807) is 18.2 Å². The number of thioether (sulfide) groups is 1. The van der Waals surface area contributed by atoms with Gasteiger partial charge in [0.15, 0.2) is 5.16 Å². The maximum atomic E-state index is 12.0. The van der Waals surface area contributed by atoms with Crippen LogP contribution in [0.15, 0.2) is 47.6 Å². The number of hydrogen-bond donors (Lipinski definition) is 2. The van der Waals surface area contributed by atoms with Gasteiger partial charge >= 0.3 is 0 Å². The second kappa shape index (κ2) is 7.93. The van der Waals surface area contributed by atoms with E-state index in [1.165, 1.54) is 11.8 Å². The van der Waals surface area contributed by atoms with Gasteiger partial charge in [-0.05, 0) is 24.3 Å². The fourth-order valence-electron chi connectivity index (χ4n) is 1.92. The average molecular weight is 389 g/mol. The topological polar surface area (TPSA) is 57.8 Å². The van der Waals surface area contributed by atoms with Crippen LogP contribution in [0.3, 0.4) is 0 Å². The van der Waals surface area contributed by atoms with Crippen LogP contribution in [0.25, 0.3) is 11.0 Å². The summed E-state index contributed by atoms with van der Waals surface area (Å²) in [6, 6.07) is 12.8. The Kier molecular flexibility index (Phi) is 6.18. The third-order valence-electron chi connectivity index (χ3n) is 2.93. The molecule has 0 atom stereocenters. The average Bonchev–Trinajstić information content (AvgIpc) is 2.93. The SMILES string of the molecule is Cl.O=C(CSc1nc2ccccc2[nH]1)Nc1cccc(Cl)c1Cl. The third-order valence-corrected chi connectivity index (χ3v) is 4.63. The van der Waals surface area contributed by atoms with Gasteiger partial charge in [-0.25, -0.2) is 4.98 Å². The number of aromatic nitrogens is 2. The van der Waals surface area contributed by atoms with E-state index in [1.807, 2.05) is 24.3 Å². The number of carbonyl (C=O) groups is 1. The van der Waals surface area contributed by atoms with Crippen LogP contribution in [0.5, 0.6) is 0 Å². The van der Waals surface area contributed by atoms with E-state index < -0.39 is 0 Å². The van der Waals surface area contributed by atoms with Crippen molar-refractivity contribution in [2.24, 2.45) is 0 Å². The van der Waals surface area contributed by atoms with Crippen LogP contribution in [-0.4, -0.2) is 21.6 Å². The number of imidazole rings is 1. The van der Waals surface area contributed by atoms with E-state index in [2.05, 4.69) is 15.3 Å². The summed E-state index contributed by atoms with van der Waals surface area (Å²) >= 11 is 13.3. The maximum absolute atomic E-state index is 12.0. The molecule has 1 aromatic heterocycles. The number of H-pyrrole nitrogens is 1. The number of halogens is 3. The molecule has 0 aliphatic carbocycles. The Balaban J connectivity index is 0.00000192. The molecule has 0 unspecified atom stereocenters. The van der Waals surface area contributed by atoms with E-state index >= 15 is 0 Å². The lowest BCUT2D eigenvalue weighted by atomic mass is 10.3. The third kappa shape index (κ3) is 4.32. The molecule has 3 aromatic rings. The van der Waals surface area contributed by atoms with Crippen LogP contribution in [0.4, 0.5) is 5.69 Å². The van der Waals surface area contributed by atoms with E-state index in [9.17, 15) is 4.79 Å². The molecule has 0 aliphatic heterocycles. The molecule has 0 bridgehead atoms.